The van der Waals surface area contributed by atoms with E-state index in [9.17, 15) is 5.11 Å². The summed E-state index contributed by atoms with van der Waals surface area (Å²) < 4.78 is 6.26. The molecule has 0 bridgehead atoms. The first-order valence-electron chi connectivity index (χ1n) is 8.89. The zero-order valence-electron chi connectivity index (χ0n) is 14.9. The number of nitrogens with one attached hydrogen (secondary N) is 1. The summed E-state index contributed by atoms with van der Waals surface area (Å²) in [5.41, 5.74) is -0.590. The van der Waals surface area contributed by atoms with Crippen LogP contribution in [0.1, 0.15) is 33.0 Å². The van der Waals surface area contributed by atoms with Gasteiger partial charge in [-0.15, -0.1) is 0 Å². The summed E-state index contributed by atoms with van der Waals surface area (Å²) in [7, 11) is 0. The Morgan fingerprint density at radius 2 is 2.33 bits per heavy atom. The van der Waals surface area contributed by atoms with E-state index in [2.05, 4.69) is 38.6 Å². The third-order valence-corrected chi connectivity index (χ3v) is 4.65. The predicted molar refractivity (Wildman–Crippen MR) is 92.7 cm³/mol. The highest BCUT2D eigenvalue weighted by Gasteiger charge is 2.52. The fraction of sp³-hybridized carbons (Fsp3) is 0.765. The van der Waals surface area contributed by atoms with Gasteiger partial charge in [-0.3, -0.25) is 4.90 Å². The van der Waals surface area contributed by atoms with E-state index in [0.717, 1.165) is 25.5 Å². The van der Waals surface area contributed by atoms with Gasteiger partial charge in [0.2, 0.25) is 0 Å². The van der Waals surface area contributed by atoms with Gasteiger partial charge >= 0.3 is 0 Å². The molecule has 7 nitrogen and oxygen atoms in total. The lowest BCUT2D eigenvalue weighted by Gasteiger charge is -2.41. The molecule has 0 unspecified atom stereocenters. The van der Waals surface area contributed by atoms with Crippen molar-refractivity contribution < 1.29 is 9.84 Å². The molecule has 134 valence electrons. The first-order chi connectivity index (χ1) is 11.5. The van der Waals surface area contributed by atoms with Crippen LogP contribution >= 0.6 is 0 Å². The number of likely N-dealkylation sites (tertiary alicyclic amines) is 1. The number of hydrogen-bond acceptors (Lipinski definition) is 5. The van der Waals surface area contributed by atoms with E-state index in [1.807, 2.05) is 13.1 Å². The summed E-state index contributed by atoms with van der Waals surface area (Å²) in [6.07, 6.45) is 3.85. The summed E-state index contributed by atoms with van der Waals surface area (Å²) >= 11 is 0. The maximum Gasteiger partial charge on any atom is 0.288 e. The largest absolute Gasteiger partial charge is 0.452 e. The van der Waals surface area contributed by atoms with Gasteiger partial charge in [-0.2, -0.15) is 0 Å². The van der Waals surface area contributed by atoms with Crippen molar-refractivity contribution >= 4 is 6.02 Å². The van der Waals surface area contributed by atoms with Crippen molar-refractivity contribution in [2.75, 3.05) is 32.7 Å². The molecule has 2 N–H and O–H groups in total. The van der Waals surface area contributed by atoms with Gasteiger partial charge in [-0.05, 0) is 19.3 Å². The van der Waals surface area contributed by atoms with Gasteiger partial charge in [0.25, 0.3) is 6.02 Å². The van der Waals surface area contributed by atoms with E-state index in [1.165, 1.54) is 0 Å². The highest BCUT2D eigenvalue weighted by molar-refractivity contribution is 5.76. The second kappa shape index (κ2) is 7.11. The summed E-state index contributed by atoms with van der Waals surface area (Å²) in [4.78, 5) is 16.5. The number of H-pyrrole nitrogens is 1. The molecule has 24 heavy (non-hydrogen) atoms. The molecule has 1 aromatic heterocycles. The lowest BCUT2D eigenvalue weighted by atomic mass is 9.89. The Balaban J connectivity index is 1.75. The zero-order chi connectivity index (χ0) is 17.2. The van der Waals surface area contributed by atoms with E-state index < -0.39 is 11.7 Å². The molecule has 3 rings (SSSR count). The monoisotopic (exact) mass is 335 g/mol. The quantitative estimate of drug-likeness (QED) is 0.842. The van der Waals surface area contributed by atoms with Crippen molar-refractivity contribution in [2.24, 2.45) is 10.9 Å². The molecule has 2 aliphatic rings. The summed E-state index contributed by atoms with van der Waals surface area (Å²) in [5.74, 6) is 1.46. The molecule has 0 aromatic carbocycles. The average Bonchev–Trinajstić information content (AvgIpc) is 3.13. The molecule has 3 heterocycles. The molecule has 0 saturated carbocycles. The molecule has 2 aliphatic heterocycles. The number of nitrogens with zero attached hydrogens (tertiary/aromatic N) is 4. The fourth-order valence-corrected chi connectivity index (χ4v) is 3.64. The van der Waals surface area contributed by atoms with Crippen LogP contribution in [0.15, 0.2) is 17.4 Å². The standard InChI is InChI=1S/C17H29N5O2/c1-4-18-16-22(9-13(2)3)12-17(24-16)11-21(8-5-14(17)23)10-15-19-6-7-20-15/h6-7,13-14,23H,4-5,8-12H2,1-3H3,(H,19,20)/t14-,17+/m0/s1. The SMILES string of the molecule is CCN=C1O[C@]2(CN(Cc3ncc[nH]3)CC[C@@H]2O)CN1CC(C)C. The normalized spacial score (nSPS) is 29.8. The first-order valence-corrected chi connectivity index (χ1v) is 8.89. The third-order valence-electron chi connectivity index (χ3n) is 4.65. The van der Waals surface area contributed by atoms with Crippen LogP contribution in [0.25, 0.3) is 0 Å². The third kappa shape index (κ3) is 3.57. The van der Waals surface area contributed by atoms with Gasteiger partial charge in [-0.1, -0.05) is 13.8 Å². The minimum Gasteiger partial charge on any atom is -0.452 e. The highest BCUT2D eigenvalue weighted by Crippen LogP contribution is 2.33. The second-order valence-electron chi connectivity index (χ2n) is 7.25. The highest BCUT2D eigenvalue weighted by atomic mass is 16.6. The van der Waals surface area contributed by atoms with Crippen LogP contribution in [0.3, 0.4) is 0 Å². The number of aromatic amines is 1. The lowest BCUT2D eigenvalue weighted by molar-refractivity contribution is -0.0960. The maximum atomic E-state index is 10.7. The Hall–Kier alpha value is -1.60. The first kappa shape index (κ1) is 17.2. The molecule has 1 spiro atoms. The summed E-state index contributed by atoms with van der Waals surface area (Å²) in [6, 6.07) is 0.685. The van der Waals surface area contributed by atoms with Crippen LogP contribution in [0, 0.1) is 5.92 Å². The molecular formula is C17H29N5O2. The number of aliphatic hydroxyl groups excluding tert-OH is 1. The lowest BCUT2D eigenvalue weighted by Crippen LogP contribution is -2.59. The average molecular weight is 335 g/mol. The molecule has 1 aromatic rings. The van der Waals surface area contributed by atoms with Crippen LogP contribution in [0.5, 0.6) is 0 Å². The number of rotatable bonds is 5. The molecule has 7 heteroatoms. The molecule has 2 saturated heterocycles. The smallest absolute Gasteiger partial charge is 0.288 e. The van der Waals surface area contributed by atoms with Crippen LogP contribution in [0.2, 0.25) is 0 Å². The Morgan fingerprint density at radius 3 is 3.00 bits per heavy atom. The van der Waals surface area contributed by atoms with Crippen molar-refractivity contribution in [1.29, 1.82) is 0 Å². The molecular weight excluding hydrogens is 306 g/mol. The minimum atomic E-state index is -0.590. The van der Waals surface area contributed by atoms with E-state index in [0.29, 0.717) is 38.0 Å². The number of imidazole rings is 1. The van der Waals surface area contributed by atoms with Crippen LogP contribution < -0.4 is 0 Å². The number of ether oxygens (including phenoxy) is 1. The van der Waals surface area contributed by atoms with Gasteiger partial charge < -0.3 is 19.7 Å². The Morgan fingerprint density at radius 1 is 1.50 bits per heavy atom. The van der Waals surface area contributed by atoms with Gasteiger partial charge in [0, 0.05) is 38.6 Å². The van der Waals surface area contributed by atoms with E-state index in [4.69, 9.17) is 4.74 Å². The minimum absolute atomic E-state index is 0.468. The number of piperidine rings is 1. The van der Waals surface area contributed by atoms with Crippen molar-refractivity contribution in [2.45, 2.75) is 45.4 Å². The fourth-order valence-electron chi connectivity index (χ4n) is 3.64. The van der Waals surface area contributed by atoms with Gasteiger partial charge in [0.05, 0.1) is 19.2 Å². The number of hydrogen-bond donors (Lipinski definition) is 2. The van der Waals surface area contributed by atoms with Crippen molar-refractivity contribution in [1.82, 2.24) is 19.8 Å². The van der Waals surface area contributed by atoms with Gasteiger partial charge in [0.15, 0.2) is 5.60 Å². The summed E-state index contributed by atoms with van der Waals surface area (Å²) in [6.45, 7) is 10.9. The molecule has 2 fully saturated rings. The number of aliphatic imine (C=N–C) groups is 1. The maximum absolute atomic E-state index is 10.7. The number of amidine groups is 1. The predicted octanol–water partition coefficient (Wildman–Crippen LogP) is 1.08. The number of aliphatic hydroxyl groups is 1. The van der Waals surface area contributed by atoms with E-state index >= 15 is 0 Å². The van der Waals surface area contributed by atoms with E-state index in [1.54, 1.807) is 6.20 Å². The van der Waals surface area contributed by atoms with Gasteiger partial charge in [-0.25, -0.2) is 9.98 Å². The van der Waals surface area contributed by atoms with E-state index in [-0.39, 0.29) is 0 Å². The molecule has 2 atom stereocenters. The van der Waals surface area contributed by atoms with Crippen molar-refractivity contribution in [3.63, 3.8) is 0 Å². The van der Waals surface area contributed by atoms with Gasteiger partial charge in [0.1, 0.15) is 5.82 Å². The Bertz CT molecular complexity index is 559. The molecule has 0 aliphatic carbocycles. The number of aromatic nitrogens is 2. The van der Waals surface area contributed by atoms with Crippen molar-refractivity contribution in [3.05, 3.63) is 18.2 Å². The van der Waals surface area contributed by atoms with Crippen LogP contribution in [-0.2, 0) is 11.3 Å². The van der Waals surface area contributed by atoms with Crippen LogP contribution in [-0.4, -0.2) is 75.3 Å². The molecule has 0 amide bonds. The molecule has 0 radical (unpaired) electrons. The Labute approximate surface area is 143 Å². The topological polar surface area (TPSA) is 77.0 Å². The van der Waals surface area contributed by atoms with Crippen LogP contribution in [0.4, 0.5) is 0 Å². The zero-order valence-corrected chi connectivity index (χ0v) is 14.9. The second-order valence-corrected chi connectivity index (χ2v) is 7.25. The Kier molecular flexibility index (Phi) is 5.10. The summed E-state index contributed by atoms with van der Waals surface area (Å²) in [5, 5.41) is 10.7. The van der Waals surface area contributed by atoms with Crippen molar-refractivity contribution in [3.8, 4) is 0 Å².